The second-order valence-corrected chi connectivity index (χ2v) is 6.09. The summed E-state index contributed by atoms with van der Waals surface area (Å²) in [4.78, 5) is 12.6. The molecule has 0 aliphatic heterocycles. The summed E-state index contributed by atoms with van der Waals surface area (Å²) in [7, 11) is 3.07. The molecule has 1 amide bonds. The number of rotatable bonds is 5. The van der Waals surface area contributed by atoms with E-state index in [1.54, 1.807) is 37.4 Å². The first kappa shape index (κ1) is 18.3. The maximum atomic E-state index is 12.6. The Morgan fingerprint density at radius 2 is 1.89 bits per heavy atom. The van der Waals surface area contributed by atoms with Crippen molar-refractivity contribution in [1.82, 2.24) is 10.2 Å². The highest BCUT2D eigenvalue weighted by Crippen LogP contribution is 2.33. The summed E-state index contributed by atoms with van der Waals surface area (Å²) in [6, 6.07) is 10.4. The van der Waals surface area contributed by atoms with Gasteiger partial charge in [-0.05, 0) is 49.2 Å². The molecule has 7 nitrogen and oxygen atoms in total. The number of anilines is 1. The number of nitrogens with one attached hydrogen (secondary N) is 2. The number of carbonyl (C=O) groups is 1. The van der Waals surface area contributed by atoms with Crippen LogP contribution in [0.25, 0.3) is 11.3 Å². The predicted molar refractivity (Wildman–Crippen MR) is 103 cm³/mol. The Morgan fingerprint density at radius 3 is 2.59 bits per heavy atom. The Labute approximate surface area is 157 Å². The highest BCUT2D eigenvalue weighted by atomic mass is 16.5. The van der Waals surface area contributed by atoms with Crippen molar-refractivity contribution < 1.29 is 19.4 Å². The van der Waals surface area contributed by atoms with E-state index in [1.165, 1.54) is 7.11 Å². The van der Waals surface area contributed by atoms with Crippen molar-refractivity contribution >= 4 is 11.6 Å². The number of benzene rings is 2. The van der Waals surface area contributed by atoms with E-state index in [-0.39, 0.29) is 17.4 Å². The first-order chi connectivity index (χ1) is 12.9. The molecule has 140 valence electrons. The third kappa shape index (κ3) is 3.57. The zero-order chi connectivity index (χ0) is 19.6. The number of hydrogen-bond acceptors (Lipinski definition) is 5. The van der Waals surface area contributed by atoms with Gasteiger partial charge in [0.05, 0.1) is 25.6 Å². The van der Waals surface area contributed by atoms with Crippen LogP contribution in [-0.2, 0) is 0 Å². The minimum atomic E-state index is -0.374. The van der Waals surface area contributed by atoms with Gasteiger partial charge in [-0.25, -0.2) is 0 Å². The molecular weight excluding hydrogens is 346 g/mol. The Kier molecular flexibility index (Phi) is 5.03. The summed E-state index contributed by atoms with van der Waals surface area (Å²) < 4.78 is 10.4. The Balaban J connectivity index is 1.85. The molecule has 7 heteroatoms. The molecule has 0 aliphatic carbocycles. The lowest BCUT2D eigenvalue weighted by Crippen LogP contribution is -2.13. The molecule has 1 heterocycles. The lowest BCUT2D eigenvalue weighted by Gasteiger charge is -2.10. The fourth-order valence-corrected chi connectivity index (χ4v) is 2.68. The van der Waals surface area contributed by atoms with Crippen molar-refractivity contribution in [2.45, 2.75) is 13.8 Å². The number of ether oxygens (including phenoxy) is 2. The van der Waals surface area contributed by atoms with E-state index in [0.29, 0.717) is 28.4 Å². The number of aromatic hydroxyl groups is 1. The molecule has 0 saturated carbocycles. The number of phenols is 1. The van der Waals surface area contributed by atoms with Crippen LogP contribution < -0.4 is 14.8 Å². The molecule has 3 N–H and O–H groups in total. The largest absolute Gasteiger partial charge is 0.507 e. The molecule has 0 fully saturated rings. The molecule has 3 rings (SSSR count). The summed E-state index contributed by atoms with van der Waals surface area (Å²) >= 11 is 0. The van der Waals surface area contributed by atoms with Gasteiger partial charge in [0.25, 0.3) is 5.91 Å². The standard InChI is InChI=1S/C20H21N3O4/c1-11-5-7-14(19(24)12(11)2)16-10-17(23-22-16)20(25)21-15-8-6-13(26-3)9-18(15)27-4/h5-10,24H,1-4H3,(H,21,25)(H,22,23). The normalized spacial score (nSPS) is 10.5. The summed E-state index contributed by atoms with van der Waals surface area (Å²) in [5.74, 6) is 0.888. The SMILES string of the molecule is COc1ccc(NC(=O)c2cc(-c3ccc(C)c(C)c3O)n[nH]2)c(OC)c1. The average molecular weight is 367 g/mol. The fourth-order valence-electron chi connectivity index (χ4n) is 2.68. The van der Waals surface area contributed by atoms with Gasteiger partial charge in [-0.2, -0.15) is 5.10 Å². The quantitative estimate of drug-likeness (QED) is 0.639. The van der Waals surface area contributed by atoms with Crippen LogP contribution in [0, 0.1) is 13.8 Å². The third-order valence-corrected chi connectivity index (χ3v) is 4.46. The van der Waals surface area contributed by atoms with Crippen LogP contribution in [0.15, 0.2) is 36.4 Å². The van der Waals surface area contributed by atoms with Crippen LogP contribution >= 0.6 is 0 Å². The molecule has 0 bridgehead atoms. The molecule has 27 heavy (non-hydrogen) atoms. The number of carbonyl (C=O) groups excluding carboxylic acids is 1. The Bertz CT molecular complexity index is 995. The van der Waals surface area contributed by atoms with E-state index in [0.717, 1.165) is 11.1 Å². The molecule has 0 spiro atoms. The lowest BCUT2D eigenvalue weighted by atomic mass is 10.0. The molecule has 0 unspecified atom stereocenters. The maximum absolute atomic E-state index is 12.6. The van der Waals surface area contributed by atoms with Gasteiger partial charge < -0.3 is 19.9 Å². The van der Waals surface area contributed by atoms with E-state index in [1.807, 2.05) is 19.9 Å². The van der Waals surface area contributed by atoms with E-state index in [2.05, 4.69) is 15.5 Å². The second-order valence-electron chi connectivity index (χ2n) is 6.09. The Hall–Kier alpha value is -3.48. The molecule has 0 saturated heterocycles. The lowest BCUT2D eigenvalue weighted by molar-refractivity contribution is 0.102. The number of aromatic nitrogens is 2. The number of hydrogen-bond donors (Lipinski definition) is 3. The first-order valence-electron chi connectivity index (χ1n) is 8.33. The van der Waals surface area contributed by atoms with Crippen molar-refractivity contribution in [3.63, 3.8) is 0 Å². The zero-order valence-corrected chi connectivity index (χ0v) is 15.6. The van der Waals surface area contributed by atoms with Crippen molar-refractivity contribution in [2.24, 2.45) is 0 Å². The van der Waals surface area contributed by atoms with Crippen LogP contribution in [0.5, 0.6) is 17.2 Å². The van der Waals surface area contributed by atoms with E-state index >= 15 is 0 Å². The van der Waals surface area contributed by atoms with Crippen molar-refractivity contribution in [2.75, 3.05) is 19.5 Å². The summed E-state index contributed by atoms with van der Waals surface area (Å²) in [6.45, 7) is 3.76. The van der Waals surface area contributed by atoms with E-state index < -0.39 is 0 Å². The van der Waals surface area contributed by atoms with Gasteiger partial charge >= 0.3 is 0 Å². The van der Waals surface area contributed by atoms with Gasteiger partial charge in [-0.1, -0.05) is 6.07 Å². The monoisotopic (exact) mass is 367 g/mol. The Morgan fingerprint density at radius 1 is 1.11 bits per heavy atom. The molecular formula is C20H21N3O4. The summed E-state index contributed by atoms with van der Waals surface area (Å²) in [5, 5.41) is 20.0. The number of H-pyrrole nitrogens is 1. The van der Waals surface area contributed by atoms with E-state index in [9.17, 15) is 9.90 Å². The smallest absolute Gasteiger partial charge is 0.273 e. The van der Waals surface area contributed by atoms with Crippen LogP contribution in [0.1, 0.15) is 21.6 Å². The first-order valence-corrected chi connectivity index (χ1v) is 8.33. The maximum Gasteiger partial charge on any atom is 0.273 e. The molecule has 2 aromatic carbocycles. The summed E-state index contributed by atoms with van der Waals surface area (Å²) in [5.41, 5.74) is 3.59. The van der Waals surface area contributed by atoms with Crippen LogP contribution in [-0.4, -0.2) is 35.4 Å². The number of phenolic OH excluding ortho intramolecular Hbond substituents is 1. The number of methoxy groups -OCH3 is 2. The zero-order valence-electron chi connectivity index (χ0n) is 15.6. The van der Waals surface area contributed by atoms with Crippen LogP contribution in [0.2, 0.25) is 0 Å². The van der Waals surface area contributed by atoms with E-state index in [4.69, 9.17) is 9.47 Å². The molecule has 0 atom stereocenters. The van der Waals surface area contributed by atoms with Crippen LogP contribution in [0.4, 0.5) is 5.69 Å². The topological polar surface area (TPSA) is 96.5 Å². The number of aromatic amines is 1. The van der Waals surface area contributed by atoms with Crippen molar-refractivity contribution in [3.8, 4) is 28.5 Å². The highest BCUT2D eigenvalue weighted by Gasteiger charge is 2.16. The van der Waals surface area contributed by atoms with Crippen molar-refractivity contribution in [1.29, 1.82) is 0 Å². The number of nitrogens with zero attached hydrogens (tertiary/aromatic N) is 1. The van der Waals surface area contributed by atoms with Crippen molar-refractivity contribution in [3.05, 3.63) is 53.2 Å². The highest BCUT2D eigenvalue weighted by molar-refractivity contribution is 6.04. The van der Waals surface area contributed by atoms with Gasteiger partial charge in [0, 0.05) is 11.6 Å². The third-order valence-electron chi connectivity index (χ3n) is 4.46. The molecule has 3 aromatic rings. The summed E-state index contributed by atoms with van der Waals surface area (Å²) in [6.07, 6.45) is 0. The number of amides is 1. The minimum Gasteiger partial charge on any atom is -0.507 e. The molecule has 1 aromatic heterocycles. The fraction of sp³-hybridized carbons (Fsp3) is 0.200. The van der Waals surface area contributed by atoms with Gasteiger partial charge in [0.15, 0.2) is 0 Å². The number of aryl methyl sites for hydroxylation is 1. The predicted octanol–water partition coefficient (Wildman–Crippen LogP) is 3.67. The van der Waals surface area contributed by atoms with Gasteiger partial charge in [0.2, 0.25) is 0 Å². The van der Waals surface area contributed by atoms with Gasteiger partial charge in [0.1, 0.15) is 22.9 Å². The minimum absolute atomic E-state index is 0.158. The van der Waals surface area contributed by atoms with Gasteiger partial charge in [-0.3, -0.25) is 9.89 Å². The van der Waals surface area contributed by atoms with Gasteiger partial charge in [-0.15, -0.1) is 0 Å². The second kappa shape index (κ2) is 7.41. The average Bonchev–Trinajstić information content (AvgIpc) is 3.16. The molecule has 0 radical (unpaired) electrons. The molecule has 0 aliphatic rings. The van der Waals surface area contributed by atoms with Crippen LogP contribution in [0.3, 0.4) is 0 Å².